The summed E-state index contributed by atoms with van der Waals surface area (Å²) in [6.07, 6.45) is 3.51. The van der Waals surface area contributed by atoms with Gasteiger partial charge in [0.15, 0.2) is 3.01 Å². The van der Waals surface area contributed by atoms with Crippen LogP contribution in [0.2, 0.25) is 0 Å². The summed E-state index contributed by atoms with van der Waals surface area (Å²) in [7, 11) is 0. The monoisotopic (exact) mass is 342 g/mol. The first kappa shape index (κ1) is 10.7. The quantitative estimate of drug-likeness (QED) is 0.743. The molecule has 3 rings (SSSR count). The molecule has 2 aromatic rings. The van der Waals surface area contributed by atoms with E-state index in [0.717, 1.165) is 9.44 Å². The highest BCUT2D eigenvalue weighted by Crippen LogP contribution is 2.33. The summed E-state index contributed by atoms with van der Waals surface area (Å²) in [5, 5.41) is 9.58. The Labute approximate surface area is 112 Å². The van der Waals surface area contributed by atoms with Gasteiger partial charge in [-0.2, -0.15) is 0 Å². The number of aromatic nitrogens is 2. The molecular formula is C12H11IN2S. The van der Waals surface area contributed by atoms with Gasteiger partial charge < -0.3 is 0 Å². The maximum absolute atomic E-state index is 4.27. The topological polar surface area (TPSA) is 25.8 Å². The van der Waals surface area contributed by atoms with Gasteiger partial charge in [-0.1, -0.05) is 35.6 Å². The maximum Gasteiger partial charge on any atom is 0.178 e. The molecule has 0 saturated carbocycles. The normalized spacial score (nSPS) is 19.4. The maximum atomic E-state index is 4.27. The molecule has 0 saturated heterocycles. The minimum Gasteiger partial charge on any atom is -0.142 e. The summed E-state index contributed by atoms with van der Waals surface area (Å²) in [6, 6.07) is 8.75. The fraction of sp³-hybridized carbons (Fsp3) is 0.333. The molecule has 0 spiro atoms. The Bertz CT molecular complexity index is 509. The Hall–Kier alpha value is -0.490. The van der Waals surface area contributed by atoms with Crippen molar-refractivity contribution in [2.45, 2.75) is 25.2 Å². The van der Waals surface area contributed by atoms with Crippen LogP contribution in [0.5, 0.6) is 0 Å². The zero-order valence-corrected chi connectivity index (χ0v) is 11.7. The molecule has 1 aromatic heterocycles. The summed E-state index contributed by atoms with van der Waals surface area (Å²) in [5.41, 5.74) is 3.00. The average Bonchev–Trinajstić information content (AvgIpc) is 2.75. The number of rotatable bonds is 1. The Kier molecular flexibility index (Phi) is 2.93. The molecular weight excluding hydrogens is 331 g/mol. The summed E-state index contributed by atoms with van der Waals surface area (Å²) < 4.78 is 1.05. The van der Waals surface area contributed by atoms with E-state index in [1.165, 1.54) is 29.0 Å². The van der Waals surface area contributed by atoms with Crippen LogP contribution in [0.1, 0.15) is 28.5 Å². The summed E-state index contributed by atoms with van der Waals surface area (Å²) >= 11 is 3.98. The second-order valence-electron chi connectivity index (χ2n) is 4.10. The highest BCUT2D eigenvalue weighted by Gasteiger charge is 2.22. The third-order valence-electron chi connectivity index (χ3n) is 3.11. The van der Waals surface area contributed by atoms with Gasteiger partial charge in [0.2, 0.25) is 0 Å². The predicted octanol–water partition coefficient (Wildman–Crippen LogP) is 3.42. The summed E-state index contributed by atoms with van der Waals surface area (Å²) in [4.78, 5) is 0. The third kappa shape index (κ3) is 2.00. The minimum absolute atomic E-state index is 0.580. The molecule has 0 bridgehead atoms. The molecule has 0 amide bonds. The number of nitrogens with zero attached hydrogens (tertiary/aromatic N) is 2. The van der Waals surface area contributed by atoms with E-state index >= 15 is 0 Å². The van der Waals surface area contributed by atoms with Gasteiger partial charge in [0.1, 0.15) is 5.01 Å². The van der Waals surface area contributed by atoms with Gasteiger partial charge in [0.25, 0.3) is 0 Å². The van der Waals surface area contributed by atoms with E-state index in [1.807, 2.05) is 0 Å². The van der Waals surface area contributed by atoms with Crippen molar-refractivity contribution in [3.8, 4) is 0 Å². The Morgan fingerprint density at radius 1 is 1.19 bits per heavy atom. The Morgan fingerprint density at radius 2 is 2.00 bits per heavy atom. The molecule has 1 atom stereocenters. The van der Waals surface area contributed by atoms with Crippen LogP contribution in [0.4, 0.5) is 0 Å². The van der Waals surface area contributed by atoms with Crippen molar-refractivity contribution in [2.75, 3.05) is 0 Å². The van der Waals surface area contributed by atoms with Crippen LogP contribution in [0.15, 0.2) is 24.3 Å². The highest BCUT2D eigenvalue weighted by atomic mass is 127. The van der Waals surface area contributed by atoms with Crippen LogP contribution in [0, 0.1) is 3.01 Å². The molecule has 2 nitrogen and oxygen atoms in total. The fourth-order valence-corrected chi connectivity index (χ4v) is 3.78. The number of halogens is 1. The lowest BCUT2D eigenvalue weighted by Crippen LogP contribution is -2.12. The van der Waals surface area contributed by atoms with Gasteiger partial charge in [-0.25, -0.2) is 0 Å². The minimum atomic E-state index is 0.580. The van der Waals surface area contributed by atoms with E-state index in [9.17, 15) is 0 Å². The van der Waals surface area contributed by atoms with Crippen molar-refractivity contribution in [3.63, 3.8) is 0 Å². The van der Waals surface area contributed by atoms with Crippen LogP contribution in [-0.4, -0.2) is 10.2 Å². The molecule has 82 valence electrons. The third-order valence-corrected chi connectivity index (χ3v) is 4.86. The SMILES string of the molecule is Ic1nnc(C2CCc3ccccc3C2)s1. The van der Waals surface area contributed by atoms with E-state index in [1.54, 1.807) is 11.3 Å². The van der Waals surface area contributed by atoms with E-state index in [-0.39, 0.29) is 0 Å². The molecule has 16 heavy (non-hydrogen) atoms. The number of hydrogen-bond donors (Lipinski definition) is 0. The molecule has 1 unspecified atom stereocenters. The number of fused-ring (bicyclic) bond motifs is 1. The van der Waals surface area contributed by atoms with E-state index in [2.05, 4.69) is 57.1 Å². The standard InChI is InChI=1S/C12H11IN2S/c13-12-15-14-11(16-12)10-6-5-8-3-1-2-4-9(8)7-10/h1-4,10H,5-7H2. The molecule has 0 aliphatic heterocycles. The molecule has 0 N–H and O–H groups in total. The lowest BCUT2D eigenvalue weighted by Gasteiger charge is -2.22. The molecule has 1 aromatic carbocycles. The predicted molar refractivity (Wildman–Crippen MR) is 73.8 cm³/mol. The number of benzene rings is 1. The van der Waals surface area contributed by atoms with Gasteiger partial charge in [-0.05, 0) is 53.0 Å². The van der Waals surface area contributed by atoms with E-state index in [4.69, 9.17) is 0 Å². The largest absolute Gasteiger partial charge is 0.178 e. The van der Waals surface area contributed by atoms with Crippen molar-refractivity contribution in [2.24, 2.45) is 0 Å². The van der Waals surface area contributed by atoms with Crippen LogP contribution in [0.25, 0.3) is 0 Å². The lowest BCUT2D eigenvalue weighted by atomic mass is 9.84. The molecule has 1 heterocycles. The second-order valence-corrected chi connectivity index (χ2v) is 6.86. The first-order valence-electron chi connectivity index (χ1n) is 5.38. The zero-order valence-electron chi connectivity index (χ0n) is 8.69. The Morgan fingerprint density at radius 3 is 2.75 bits per heavy atom. The number of hydrogen-bond acceptors (Lipinski definition) is 3. The molecule has 1 aliphatic carbocycles. The zero-order chi connectivity index (χ0) is 11.0. The van der Waals surface area contributed by atoms with Gasteiger partial charge in [0, 0.05) is 5.92 Å². The van der Waals surface area contributed by atoms with Crippen LogP contribution >= 0.6 is 33.9 Å². The van der Waals surface area contributed by atoms with Crippen LogP contribution < -0.4 is 0 Å². The van der Waals surface area contributed by atoms with Crippen molar-refractivity contribution in [1.82, 2.24) is 10.2 Å². The van der Waals surface area contributed by atoms with Gasteiger partial charge >= 0.3 is 0 Å². The second kappa shape index (κ2) is 4.41. The van der Waals surface area contributed by atoms with Gasteiger partial charge in [-0.15, -0.1) is 10.2 Å². The fourth-order valence-electron chi connectivity index (χ4n) is 2.29. The first-order valence-corrected chi connectivity index (χ1v) is 7.28. The van der Waals surface area contributed by atoms with Crippen molar-refractivity contribution in [1.29, 1.82) is 0 Å². The van der Waals surface area contributed by atoms with Crippen LogP contribution in [0.3, 0.4) is 0 Å². The molecule has 4 heteroatoms. The number of aryl methyl sites for hydroxylation is 1. The van der Waals surface area contributed by atoms with Gasteiger partial charge in [-0.3, -0.25) is 0 Å². The van der Waals surface area contributed by atoms with E-state index in [0.29, 0.717) is 5.92 Å². The lowest BCUT2D eigenvalue weighted by molar-refractivity contribution is 0.577. The average molecular weight is 342 g/mol. The van der Waals surface area contributed by atoms with Crippen molar-refractivity contribution >= 4 is 33.9 Å². The van der Waals surface area contributed by atoms with Crippen molar-refractivity contribution < 1.29 is 0 Å². The van der Waals surface area contributed by atoms with Crippen molar-refractivity contribution in [3.05, 3.63) is 43.4 Å². The smallest absolute Gasteiger partial charge is 0.142 e. The summed E-state index contributed by atoms with van der Waals surface area (Å²) in [5.74, 6) is 0.580. The van der Waals surface area contributed by atoms with Crippen LogP contribution in [-0.2, 0) is 12.8 Å². The molecule has 1 aliphatic rings. The van der Waals surface area contributed by atoms with E-state index < -0.39 is 0 Å². The summed E-state index contributed by atoms with van der Waals surface area (Å²) in [6.45, 7) is 0. The Balaban J connectivity index is 1.88. The highest BCUT2D eigenvalue weighted by molar-refractivity contribution is 14.1. The van der Waals surface area contributed by atoms with Gasteiger partial charge in [0.05, 0.1) is 0 Å². The molecule has 0 radical (unpaired) electrons. The first-order chi connectivity index (χ1) is 7.83. The molecule has 0 fully saturated rings.